The van der Waals surface area contributed by atoms with Gasteiger partial charge in [-0.15, -0.1) is 0 Å². The Labute approximate surface area is 115 Å². The molecule has 0 atom stereocenters. The van der Waals surface area contributed by atoms with Crippen LogP contribution in [-0.2, 0) is 0 Å². The molecule has 0 saturated carbocycles. The van der Waals surface area contributed by atoms with Gasteiger partial charge in [0.15, 0.2) is 0 Å². The molecule has 1 aliphatic rings. The molecular weight excluding hydrogens is 220 g/mol. The van der Waals surface area contributed by atoms with E-state index >= 15 is 0 Å². The third kappa shape index (κ3) is 4.55. The monoisotopic (exact) mass is 254 g/mol. The maximum atomic E-state index is 3.41. The maximum Gasteiger partial charge on any atom is 0.00499 e. The van der Waals surface area contributed by atoms with Gasteiger partial charge in [-0.25, -0.2) is 0 Å². The van der Waals surface area contributed by atoms with Gasteiger partial charge in [0.2, 0.25) is 0 Å². The highest BCUT2D eigenvalue weighted by atomic mass is 15.1. The molecule has 0 radical (unpaired) electrons. The zero-order valence-corrected chi connectivity index (χ0v) is 13.3. The Hall–Kier alpha value is -0.0800. The Bertz CT molecular complexity index is 231. The van der Waals surface area contributed by atoms with Crippen LogP contribution in [0.3, 0.4) is 0 Å². The van der Waals surface area contributed by atoms with E-state index in [1.807, 2.05) is 0 Å². The number of nitrogens with zero attached hydrogens (tertiary/aromatic N) is 1. The minimum absolute atomic E-state index is 0.475. The Morgan fingerprint density at radius 1 is 1.11 bits per heavy atom. The van der Waals surface area contributed by atoms with E-state index in [-0.39, 0.29) is 0 Å². The van der Waals surface area contributed by atoms with Crippen LogP contribution >= 0.6 is 0 Å². The van der Waals surface area contributed by atoms with Gasteiger partial charge in [0.05, 0.1) is 0 Å². The first-order valence-corrected chi connectivity index (χ1v) is 7.84. The van der Waals surface area contributed by atoms with Crippen molar-refractivity contribution in [1.29, 1.82) is 0 Å². The lowest BCUT2D eigenvalue weighted by Gasteiger charge is -2.37. The molecule has 0 amide bonds. The SMILES string of the molecule is CCC(CC)(CNC)CN1CCCC(C)(C)CC1. The lowest BCUT2D eigenvalue weighted by atomic mass is 9.81. The van der Waals surface area contributed by atoms with E-state index in [9.17, 15) is 0 Å². The Morgan fingerprint density at radius 3 is 2.33 bits per heavy atom. The molecule has 1 fully saturated rings. The summed E-state index contributed by atoms with van der Waals surface area (Å²) in [6, 6.07) is 0. The lowest BCUT2D eigenvalue weighted by molar-refractivity contribution is 0.136. The van der Waals surface area contributed by atoms with Crippen LogP contribution in [0.15, 0.2) is 0 Å². The van der Waals surface area contributed by atoms with Crippen molar-refractivity contribution < 1.29 is 0 Å². The molecule has 2 heteroatoms. The molecule has 1 aliphatic heterocycles. The molecule has 1 rings (SSSR count). The first kappa shape index (κ1) is 16.0. The summed E-state index contributed by atoms with van der Waals surface area (Å²) in [5.74, 6) is 0. The minimum atomic E-state index is 0.475. The van der Waals surface area contributed by atoms with Crippen LogP contribution in [0.5, 0.6) is 0 Å². The number of hydrogen-bond acceptors (Lipinski definition) is 2. The second kappa shape index (κ2) is 6.91. The Morgan fingerprint density at radius 2 is 1.78 bits per heavy atom. The average molecular weight is 254 g/mol. The molecule has 1 saturated heterocycles. The molecule has 0 aromatic carbocycles. The van der Waals surface area contributed by atoms with E-state index in [1.54, 1.807) is 0 Å². The maximum absolute atomic E-state index is 3.41. The van der Waals surface area contributed by atoms with Gasteiger partial charge in [0.1, 0.15) is 0 Å². The Balaban J connectivity index is 2.58. The topological polar surface area (TPSA) is 15.3 Å². The highest BCUT2D eigenvalue weighted by molar-refractivity contribution is 4.85. The van der Waals surface area contributed by atoms with Crippen LogP contribution in [-0.4, -0.2) is 38.1 Å². The van der Waals surface area contributed by atoms with Gasteiger partial charge in [-0.2, -0.15) is 0 Å². The number of rotatable bonds is 6. The van der Waals surface area contributed by atoms with Crippen molar-refractivity contribution in [3.63, 3.8) is 0 Å². The van der Waals surface area contributed by atoms with Gasteiger partial charge in [-0.05, 0) is 63.1 Å². The molecule has 0 aromatic heterocycles. The first-order valence-electron chi connectivity index (χ1n) is 7.84. The van der Waals surface area contributed by atoms with E-state index in [4.69, 9.17) is 0 Å². The van der Waals surface area contributed by atoms with Crippen molar-refractivity contribution in [3.05, 3.63) is 0 Å². The van der Waals surface area contributed by atoms with Crippen LogP contribution in [0.2, 0.25) is 0 Å². The molecule has 0 aliphatic carbocycles. The molecule has 108 valence electrons. The van der Waals surface area contributed by atoms with Gasteiger partial charge in [0.25, 0.3) is 0 Å². The molecule has 0 unspecified atom stereocenters. The predicted molar refractivity (Wildman–Crippen MR) is 81.0 cm³/mol. The van der Waals surface area contributed by atoms with E-state index in [1.165, 1.54) is 51.7 Å². The molecule has 18 heavy (non-hydrogen) atoms. The fourth-order valence-corrected chi connectivity index (χ4v) is 3.27. The summed E-state index contributed by atoms with van der Waals surface area (Å²) in [4.78, 5) is 2.72. The van der Waals surface area contributed by atoms with Gasteiger partial charge in [0, 0.05) is 13.1 Å². The molecular formula is C16H34N2. The number of likely N-dealkylation sites (tertiary alicyclic amines) is 1. The van der Waals surface area contributed by atoms with Crippen molar-refractivity contribution in [2.45, 2.75) is 59.8 Å². The smallest absolute Gasteiger partial charge is 0.00499 e. The van der Waals surface area contributed by atoms with Crippen molar-refractivity contribution >= 4 is 0 Å². The largest absolute Gasteiger partial charge is 0.319 e. The average Bonchev–Trinajstić information content (AvgIpc) is 2.50. The van der Waals surface area contributed by atoms with Gasteiger partial charge < -0.3 is 10.2 Å². The number of hydrogen-bond donors (Lipinski definition) is 1. The van der Waals surface area contributed by atoms with Crippen molar-refractivity contribution in [2.75, 3.05) is 33.2 Å². The second-order valence-corrected chi connectivity index (χ2v) is 7.03. The fraction of sp³-hybridized carbons (Fsp3) is 1.00. The summed E-state index contributed by atoms with van der Waals surface area (Å²) in [7, 11) is 2.09. The predicted octanol–water partition coefficient (Wildman–Crippen LogP) is 3.52. The molecule has 0 spiro atoms. The number of nitrogens with one attached hydrogen (secondary N) is 1. The highest BCUT2D eigenvalue weighted by Crippen LogP contribution is 2.32. The van der Waals surface area contributed by atoms with Crippen LogP contribution < -0.4 is 5.32 Å². The van der Waals surface area contributed by atoms with Crippen molar-refractivity contribution in [2.24, 2.45) is 10.8 Å². The summed E-state index contributed by atoms with van der Waals surface area (Å²) in [6.07, 6.45) is 6.68. The van der Waals surface area contributed by atoms with Crippen LogP contribution in [0.4, 0.5) is 0 Å². The summed E-state index contributed by atoms with van der Waals surface area (Å²) >= 11 is 0. The van der Waals surface area contributed by atoms with Crippen molar-refractivity contribution in [1.82, 2.24) is 10.2 Å². The van der Waals surface area contributed by atoms with E-state index in [2.05, 4.69) is 45.0 Å². The van der Waals surface area contributed by atoms with E-state index in [0.29, 0.717) is 10.8 Å². The molecule has 1 N–H and O–H groups in total. The standard InChI is InChI=1S/C16H34N2/c1-6-16(7-2,13-17-5)14-18-11-8-9-15(3,4)10-12-18/h17H,6-14H2,1-5H3. The normalized spacial score (nSPS) is 21.8. The van der Waals surface area contributed by atoms with Gasteiger partial charge in [-0.3, -0.25) is 0 Å². The summed E-state index contributed by atoms with van der Waals surface area (Å²) in [5, 5.41) is 3.41. The summed E-state index contributed by atoms with van der Waals surface area (Å²) in [6.45, 7) is 14.6. The van der Waals surface area contributed by atoms with Crippen LogP contribution in [0.1, 0.15) is 59.8 Å². The van der Waals surface area contributed by atoms with Crippen molar-refractivity contribution in [3.8, 4) is 0 Å². The van der Waals surface area contributed by atoms with Gasteiger partial charge in [-0.1, -0.05) is 27.7 Å². The first-order chi connectivity index (χ1) is 8.47. The Kier molecular flexibility index (Phi) is 6.13. The highest BCUT2D eigenvalue weighted by Gasteiger charge is 2.30. The second-order valence-electron chi connectivity index (χ2n) is 7.03. The quantitative estimate of drug-likeness (QED) is 0.780. The third-order valence-electron chi connectivity index (χ3n) is 5.04. The third-order valence-corrected chi connectivity index (χ3v) is 5.04. The summed E-state index contributed by atoms with van der Waals surface area (Å²) < 4.78 is 0. The fourth-order valence-electron chi connectivity index (χ4n) is 3.27. The van der Waals surface area contributed by atoms with Gasteiger partial charge >= 0.3 is 0 Å². The summed E-state index contributed by atoms with van der Waals surface area (Å²) in [5.41, 5.74) is 1.03. The van der Waals surface area contributed by atoms with E-state index in [0.717, 1.165) is 6.54 Å². The van der Waals surface area contributed by atoms with E-state index < -0.39 is 0 Å². The molecule has 1 heterocycles. The molecule has 2 nitrogen and oxygen atoms in total. The van der Waals surface area contributed by atoms with Crippen LogP contribution in [0.25, 0.3) is 0 Å². The molecule has 0 bridgehead atoms. The minimum Gasteiger partial charge on any atom is -0.319 e. The lowest BCUT2D eigenvalue weighted by Crippen LogP contribution is -2.43. The zero-order chi connectivity index (χ0) is 13.6. The molecule has 0 aromatic rings. The zero-order valence-electron chi connectivity index (χ0n) is 13.3. The van der Waals surface area contributed by atoms with Crippen LogP contribution in [0, 0.1) is 10.8 Å².